The lowest BCUT2D eigenvalue weighted by atomic mass is 9.94. The highest BCUT2D eigenvalue weighted by molar-refractivity contribution is 6.13. The standard InChI is InChI=1S/C20H18N2O/c23-22-20(18-10-6-14-21-15-18)19-11-5-4-9-17(19)13-12-16-7-2-1-3-8-16/h1-11,14-15,23H,12-13H2. The summed E-state index contributed by atoms with van der Waals surface area (Å²) in [5.74, 6) is 0. The van der Waals surface area contributed by atoms with Crippen molar-refractivity contribution in [3.8, 4) is 0 Å². The summed E-state index contributed by atoms with van der Waals surface area (Å²) in [7, 11) is 0. The SMILES string of the molecule is ON=C(c1cccnc1)c1ccccc1CCc1ccccc1. The van der Waals surface area contributed by atoms with Gasteiger partial charge in [0.05, 0.1) is 0 Å². The van der Waals surface area contributed by atoms with Crippen LogP contribution in [0.4, 0.5) is 0 Å². The number of benzene rings is 2. The number of oxime groups is 1. The van der Waals surface area contributed by atoms with E-state index in [1.54, 1.807) is 12.4 Å². The molecule has 3 heteroatoms. The van der Waals surface area contributed by atoms with Gasteiger partial charge in [-0.15, -0.1) is 0 Å². The summed E-state index contributed by atoms with van der Waals surface area (Å²) in [6, 6.07) is 22.2. The Hall–Kier alpha value is -2.94. The first-order chi connectivity index (χ1) is 11.4. The molecule has 23 heavy (non-hydrogen) atoms. The van der Waals surface area contributed by atoms with E-state index >= 15 is 0 Å². The fourth-order valence-corrected chi connectivity index (χ4v) is 2.66. The van der Waals surface area contributed by atoms with E-state index in [0.717, 1.165) is 29.5 Å². The van der Waals surface area contributed by atoms with Gasteiger partial charge in [0.25, 0.3) is 0 Å². The highest BCUT2D eigenvalue weighted by atomic mass is 16.4. The second kappa shape index (κ2) is 7.36. The van der Waals surface area contributed by atoms with Crippen LogP contribution in [0.5, 0.6) is 0 Å². The summed E-state index contributed by atoms with van der Waals surface area (Å²) in [6.45, 7) is 0. The van der Waals surface area contributed by atoms with Gasteiger partial charge in [-0.2, -0.15) is 0 Å². The number of aromatic nitrogens is 1. The zero-order valence-corrected chi connectivity index (χ0v) is 12.8. The van der Waals surface area contributed by atoms with Gasteiger partial charge in [-0.05, 0) is 36.1 Å². The van der Waals surface area contributed by atoms with Crippen molar-refractivity contribution in [1.29, 1.82) is 0 Å². The van der Waals surface area contributed by atoms with Crippen molar-refractivity contribution in [2.24, 2.45) is 5.16 Å². The van der Waals surface area contributed by atoms with E-state index in [9.17, 15) is 5.21 Å². The van der Waals surface area contributed by atoms with Gasteiger partial charge in [-0.3, -0.25) is 4.98 Å². The maximum absolute atomic E-state index is 9.50. The summed E-state index contributed by atoms with van der Waals surface area (Å²) in [5.41, 5.74) is 4.77. The van der Waals surface area contributed by atoms with Crippen molar-refractivity contribution in [2.45, 2.75) is 12.8 Å². The van der Waals surface area contributed by atoms with Crippen LogP contribution in [0.25, 0.3) is 0 Å². The Bertz CT molecular complexity index is 783. The van der Waals surface area contributed by atoms with Gasteiger partial charge in [-0.25, -0.2) is 0 Å². The van der Waals surface area contributed by atoms with Crippen molar-refractivity contribution >= 4 is 5.71 Å². The van der Waals surface area contributed by atoms with Crippen LogP contribution in [0.1, 0.15) is 22.3 Å². The minimum absolute atomic E-state index is 0.557. The molecule has 0 bridgehead atoms. The molecule has 1 aromatic heterocycles. The Labute approximate surface area is 136 Å². The van der Waals surface area contributed by atoms with E-state index in [2.05, 4.69) is 40.5 Å². The van der Waals surface area contributed by atoms with Crippen LogP contribution >= 0.6 is 0 Å². The van der Waals surface area contributed by atoms with Crippen molar-refractivity contribution < 1.29 is 5.21 Å². The molecule has 3 nitrogen and oxygen atoms in total. The number of aryl methyl sites for hydroxylation is 2. The zero-order chi connectivity index (χ0) is 15.9. The predicted octanol–water partition coefficient (Wildman–Crippen LogP) is 4.09. The lowest BCUT2D eigenvalue weighted by molar-refractivity contribution is 0.319. The van der Waals surface area contributed by atoms with Gasteiger partial charge in [-0.1, -0.05) is 59.8 Å². The Morgan fingerprint density at radius 1 is 0.870 bits per heavy atom. The molecular formula is C20H18N2O. The molecule has 0 aliphatic heterocycles. The van der Waals surface area contributed by atoms with E-state index in [-0.39, 0.29) is 0 Å². The molecule has 0 radical (unpaired) electrons. The van der Waals surface area contributed by atoms with Gasteiger partial charge in [0.1, 0.15) is 5.71 Å². The average molecular weight is 302 g/mol. The first kappa shape index (κ1) is 15.0. The zero-order valence-electron chi connectivity index (χ0n) is 12.8. The summed E-state index contributed by atoms with van der Waals surface area (Å²) in [5, 5.41) is 13.0. The largest absolute Gasteiger partial charge is 0.410 e. The molecule has 1 heterocycles. The molecule has 0 spiro atoms. The molecule has 3 aromatic rings. The second-order valence-corrected chi connectivity index (χ2v) is 5.33. The first-order valence-corrected chi connectivity index (χ1v) is 7.63. The van der Waals surface area contributed by atoms with Gasteiger partial charge < -0.3 is 5.21 Å². The average Bonchev–Trinajstić information content (AvgIpc) is 2.63. The van der Waals surface area contributed by atoms with Crippen LogP contribution in [0.15, 0.2) is 84.3 Å². The second-order valence-electron chi connectivity index (χ2n) is 5.33. The minimum Gasteiger partial charge on any atom is -0.410 e. The lowest BCUT2D eigenvalue weighted by Crippen LogP contribution is -2.08. The number of pyridine rings is 1. The van der Waals surface area contributed by atoms with Crippen molar-refractivity contribution in [3.63, 3.8) is 0 Å². The summed E-state index contributed by atoms with van der Waals surface area (Å²) >= 11 is 0. The maximum atomic E-state index is 9.50. The van der Waals surface area contributed by atoms with Gasteiger partial charge in [0, 0.05) is 23.5 Å². The Balaban J connectivity index is 1.88. The number of hydrogen-bond donors (Lipinski definition) is 1. The highest BCUT2D eigenvalue weighted by Gasteiger charge is 2.12. The number of nitrogens with zero attached hydrogens (tertiary/aromatic N) is 2. The molecule has 0 atom stereocenters. The smallest absolute Gasteiger partial charge is 0.118 e. The van der Waals surface area contributed by atoms with Gasteiger partial charge in [0.2, 0.25) is 0 Å². The maximum Gasteiger partial charge on any atom is 0.118 e. The van der Waals surface area contributed by atoms with E-state index in [4.69, 9.17) is 0 Å². The lowest BCUT2D eigenvalue weighted by Gasteiger charge is -2.11. The number of hydrogen-bond acceptors (Lipinski definition) is 3. The third-order valence-corrected chi connectivity index (χ3v) is 3.83. The third kappa shape index (κ3) is 3.64. The first-order valence-electron chi connectivity index (χ1n) is 7.63. The highest BCUT2D eigenvalue weighted by Crippen LogP contribution is 2.17. The van der Waals surface area contributed by atoms with E-state index in [1.807, 2.05) is 36.4 Å². The van der Waals surface area contributed by atoms with Gasteiger partial charge >= 0.3 is 0 Å². The molecule has 0 amide bonds. The Morgan fingerprint density at radius 3 is 2.39 bits per heavy atom. The van der Waals surface area contributed by atoms with Gasteiger partial charge in [0.15, 0.2) is 0 Å². The molecule has 0 fully saturated rings. The Kier molecular flexibility index (Phi) is 4.79. The summed E-state index contributed by atoms with van der Waals surface area (Å²) in [4.78, 5) is 4.11. The monoisotopic (exact) mass is 302 g/mol. The van der Waals surface area contributed by atoms with Crippen molar-refractivity contribution in [3.05, 3.63) is 101 Å². The molecule has 0 saturated carbocycles. The molecule has 3 rings (SSSR count). The molecular weight excluding hydrogens is 284 g/mol. The van der Waals surface area contributed by atoms with Crippen LogP contribution < -0.4 is 0 Å². The van der Waals surface area contributed by atoms with Crippen molar-refractivity contribution in [1.82, 2.24) is 4.98 Å². The molecule has 0 saturated heterocycles. The van der Waals surface area contributed by atoms with E-state index in [1.165, 1.54) is 5.56 Å². The fraction of sp³-hybridized carbons (Fsp3) is 0.100. The molecule has 0 aliphatic rings. The molecule has 0 unspecified atom stereocenters. The summed E-state index contributed by atoms with van der Waals surface area (Å²) in [6.07, 6.45) is 5.26. The molecule has 1 N–H and O–H groups in total. The Morgan fingerprint density at radius 2 is 1.65 bits per heavy atom. The molecule has 114 valence electrons. The van der Waals surface area contributed by atoms with Crippen LogP contribution in [0, 0.1) is 0 Å². The fourth-order valence-electron chi connectivity index (χ4n) is 2.66. The minimum atomic E-state index is 0.557. The predicted molar refractivity (Wildman–Crippen MR) is 92.0 cm³/mol. The van der Waals surface area contributed by atoms with Crippen LogP contribution in [0.3, 0.4) is 0 Å². The van der Waals surface area contributed by atoms with E-state index < -0.39 is 0 Å². The summed E-state index contributed by atoms with van der Waals surface area (Å²) < 4.78 is 0. The van der Waals surface area contributed by atoms with Crippen LogP contribution in [-0.4, -0.2) is 15.9 Å². The molecule has 2 aromatic carbocycles. The van der Waals surface area contributed by atoms with Crippen LogP contribution in [0.2, 0.25) is 0 Å². The van der Waals surface area contributed by atoms with Crippen molar-refractivity contribution in [2.75, 3.05) is 0 Å². The topological polar surface area (TPSA) is 45.5 Å². The quantitative estimate of drug-likeness (QED) is 0.438. The normalized spacial score (nSPS) is 11.4. The van der Waals surface area contributed by atoms with Crippen LogP contribution in [-0.2, 0) is 12.8 Å². The molecule has 0 aliphatic carbocycles. The third-order valence-electron chi connectivity index (χ3n) is 3.83. The number of rotatable bonds is 5. The van der Waals surface area contributed by atoms with E-state index in [0.29, 0.717) is 5.71 Å².